The van der Waals surface area contributed by atoms with Crippen molar-refractivity contribution in [1.29, 1.82) is 0 Å². The molecule has 5 nitrogen and oxygen atoms in total. The van der Waals surface area contributed by atoms with Gasteiger partial charge in [0.05, 0.1) is 19.8 Å². The summed E-state index contributed by atoms with van der Waals surface area (Å²) in [6.07, 6.45) is 2.76. The zero-order valence-corrected chi connectivity index (χ0v) is 10.1. The van der Waals surface area contributed by atoms with Crippen LogP contribution in [0.25, 0.3) is 0 Å². The number of nitrogens with zero attached hydrogens (tertiary/aromatic N) is 1. The molecule has 1 aromatic rings. The minimum Gasteiger partial charge on any atom is -0.469 e. The average molecular weight is 239 g/mol. The quantitative estimate of drug-likeness (QED) is 0.701. The number of carbonyl (C=O) groups excluding carboxylic acids is 2. The van der Waals surface area contributed by atoms with Crippen molar-refractivity contribution in [2.24, 2.45) is 0 Å². The standard InChI is InChI=1S/C12H17NO4/c1-13(8-7-12(15)16-2)11(14)6-5-10-4-3-9-17-10/h3-4,9H,5-8H2,1-2H3. The van der Waals surface area contributed by atoms with Crippen LogP contribution in [-0.2, 0) is 20.7 Å². The molecule has 0 bridgehead atoms. The van der Waals surface area contributed by atoms with E-state index in [0.717, 1.165) is 5.76 Å². The molecule has 0 aliphatic rings. The predicted molar refractivity (Wildman–Crippen MR) is 61.3 cm³/mol. The smallest absolute Gasteiger partial charge is 0.307 e. The van der Waals surface area contributed by atoms with Gasteiger partial charge in [0.15, 0.2) is 0 Å². The number of carbonyl (C=O) groups is 2. The Morgan fingerprint density at radius 1 is 1.41 bits per heavy atom. The Morgan fingerprint density at radius 3 is 2.76 bits per heavy atom. The van der Waals surface area contributed by atoms with Crippen molar-refractivity contribution < 1.29 is 18.7 Å². The summed E-state index contributed by atoms with van der Waals surface area (Å²) in [6.45, 7) is 0.379. The SMILES string of the molecule is COC(=O)CCN(C)C(=O)CCc1ccco1. The number of esters is 1. The van der Waals surface area contributed by atoms with Gasteiger partial charge in [0, 0.05) is 26.4 Å². The number of hydrogen-bond donors (Lipinski definition) is 0. The van der Waals surface area contributed by atoms with E-state index in [4.69, 9.17) is 4.42 Å². The molecule has 0 atom stereocenters. The van der Waals surface area contributed by atoms with E-state index in [2.05, 4.69) is 4.74 Å². The maximum Gasteiger partial charge on any atom is 0.307 e. The summed E-state index contributed by atoms with van der Waals surface area (Å²) in [5.41, 5.74) is 0. The van der Waals surface area contributed by atoms with Crippen molar-refractivity contribution in [1.82, 2.24) is 4.90 Å². The molecule has 0 radical (unpaired) electrons. The van der Waals surface area contributed by atoms with Gasteiger partial charge in [0.2, 0.25) is 5.91 Å². The molecule has 0 aliphatic heterocycles. The zero-order valence-electron chi connectivity index (χ0n) is 10.1. The second-order valence-corrected chi connectivity index (χ2v) is 3.72. The zero-order chi connectivity index (χ0) is 12.7. The van der Waals surface area contributed by atoms with Gasteiger partial charge in [0.1, 0.15) is 5.76 Å². The molecule has 94 valence electrons. The number of methoxy groups -OCH3 is 1. The second kappa shape index (κ2) is 6.73. The molecule has 0 fully saturated rings. The summed E-state index contributed by atoms with van der Waals surface area (Å²) in [7, 11) is 3.01. The van der Waals surface area contributed by atoms with Crippen LogP contribution in [-0.4, -0.2) is 37.5 Å². The molecule has 0 spiro atoms. The third-order valence-corrected chi connectivity index (χ3v) is 2.47. The average Bonchev–Trinajstić information content (AvgIpc) is 2.85. The fraction of sp³-hybridized carbons (Fsp3) is 0.500. The summed E-state index contributed by atoms with van der Waals surface area (Å²) >= 11 is 0. The van der Waals surface area contributed by atoms with Crippen LogP contribution >= 0.6 is 0 Å². The highest BCUT2D eigenvalue weighted by Crippen LogP contribution is 2.05. The van der Waals surface area contributed by atoms with Gasteiger partial charge in [0.25, 0.3) is 0 Å². The molecule has 1 rings (SSSR count). The highest BCUT2D eigenvalue weighted by molar-refractivity contribution is 5.77. The Hall–Kier alpha value is -1.78. The van der Waals surface area contributed by atoms with E-state index >= 15 is 0 Å². The van der Waals surface area contributed by atoms with E-state index < -0.39 is 0 Å². The lowest BCUT2D eigenvalue weighted by Crippen LogP contribution is -2.29. The fourth-order valence-corrected chi connectivity index (χ4v) is 1.36. The van der Waals surface area contributed by atoms with Gasteiger partial charge in [-0.25, -0.2) is 0 Å². The minimum atomic E-state index is -0.310. The molecule has 17 heavy (non-hydrogen) atoms. The van der Waals surface area contributed by atoms with Gasteiger partial charge in [-0.15, -0.1) is 0 Å². The first-order valence-corrected chi connectivity index (χ1v) is 5.46. The van der Waals surface area contributed by atoms with Crippen LogP contribution in [0, 0.1) is 0 Å². The molecular weight excluding hydrogens is 222 g/mol. The van der Waals surface area contributed by atoms with E-state index in [1.807, 2.05) is 6.07 Å². The molecule has 0 saturated carbocycles. The van der Waals surface area contributed by atoms with Crippen LogP contribution in [0.4, 0.5) is 0 Å². The van der Waals surface area contributed by atoms with E-state index in [0.29, 0.717) is 19.4 Å². The molecule has 0 saturated heterocycles. The van der Waals surface area contributed by atoms with Crippen molar-refractivity contribution in [2.75, 3.05) is 20.7 Å². The number of aryl methyl sites for hydroxylation is 1. The van der Waals surface area contributed by atoms with Gasteiger partial charge >= 0.3 is 5.97 Å². The van der Waals surface area contributed by atoms with Crippen molar-refractivity contribution in [3.63, 3.8) is 0 Å². The van der Waals surface area contributed by atoms with Crippen LogP contribution in [0.3, 0.4) is 0 Å². The first-order chi connectivity index (χ1) is 8.13. The number of furan rings is 1. The van der Waals surface area contributed by atoms with E-state index in [-0.39, 0.29) is 18.3 Å². The molecule has 0 unspecified atom stereocenters. The van der Waals surface area contributed by atoms with E-state index in [1.165, 1.54) is 12.0 Å². The lowest BCUT2D eigenvalue weighted by molar-refractivity contribution is -0.141. The molecule has 1 heterocycles. The number of ether oxygens (including phenoxy) is 1. The second-order valence-electron chi connectivity index (χ2n) is 3.72. The van der Waals surface area contributed by atoms with Gasteiger partial charge < -0.3 is 14.1 Å². The van der Waals surface area contributed by atoms with Crippen molar-refractivity contribution in [3.8, 4) is 0 Å². The van der Waals surface area contributed by atoms with Crippen LogP contribution < -0.4 is 0 Å². The molecule has 0 N–H and O–H groups in total. The van der Waals surface area contributed by atoms with Gasteiger partial charge in [-0.05, 0) is 12.1 Å². The summed E-state index contributed by atoms with van der Waals surface area (Å²) in [4.78, 5) is 24.1. The number of amides is 1. The lowest BCUT2D eigenvalue weighted by atomic mass is 10.2. The van der Waals surface area contributed by atoms with Crippen molar-refractivity contribution in [2.45, 2.75) is 19.3 Å². The Balaban J connectivity index is 2.24. The third-order valence-electron chi connectivity index (χ3n) is 2.47. The third kappa shape index (κ3) is 4.72. The fourth-order valence-electron chi connectivity index (χ4n) is 1.36. The summed E-state index contributed by atoms with van der Waals surface area (Å²) in [5.74, 6) is 0.473. The molecule has 1 aromatic heterocycles. The van der Waals surface area contributed by atoms with Crippen molar-refractivity contribution >= 4 is 11.9 Å². The summed E-state index contributed by atoms with van der Waals surface area (Å²) < 4.78 is 9.64. The van der Waals surface area contributed by atoms with E-state index in [1.54, 1.807) is 19.4 Å². The molecule has 5 heteroatoms. The molecule has 0 aromatic carbocycles. The van der Waals surface area contributed by atoms with Gasteiger partial charge in [-0.3, -0.25) is 9.59 Å². The van der Waals surface area contributed by atoms with Crippen LogP contribution in [0.5, 0.6) is 0 Å². The summed E-state index contributed by atoms with van der Waals surface area (Å²) in [5, 5.41) is 0. The maximum absolute atomic E-state index is 11.7. The van der Waals surface area contributed by atoms with Gasteiger partial charge in [-0.1, -0.05) is 0 Å². The van der Waals surface area contributed by atoms with Crippen LogP contribution in [0.2, 0.25) is 0 Å². The normalized spacial score (nSPS) is 10.0. The highest BCUT2D eigenvalue weighted by Gasteiger charge is 2.11. The van der Waals surface area contributed by atoms with Gasteiger partial charge in [-0.2, -0.15) is 0 Å². The van der Waals surface area contributed by atoms with Crippen molar-refractivity contribution in [3.05, 3.63) is 24.2 Å². The Bertz CT molecular complexity index is 359. The molecule has 1 amide bonds. The topological polar surface area (TPSA) is 59.8 Å². The maximum atomic E-state index is 11.7. The van der Waals surface area contributed by atoms with Crippen LogP contribution in [0.1, 0.15) is 18.6 Å². The largest absolute Gasteiger partial charge is 0.469 e. The number of hydrogen-bond acceptors (Lipinski definition) is 4. The minimum absolute atomic E-state index is 0.00898. The molecular formula is C12H17NO4. The first kappa shape index (κ1) is 13.3. The Kier molecular flexibility index (Phi) is 5.26. The predicted octanol–water partition coefficient (Wildman–Crippen LogP) is 1.23. The van der Waals surface area contributed by atoms with E-state index in [9.17, 15) is 9.59 Å². The van der Waals surface area contributed by atoms with Crippen LogP contribution in [0.15, 0.2) is 22.8 Å². The monoisotopic (exact) mass is 239 g/mol. The Morgan fingerprint density at radius 2 is 2.18 bits per heavy atom. The molecule has 0 aliphatic carbocycles. The summed E-state index contributed by atoms with van der Waals surface area (Å²) in [6, 6.07) is 3.63. The highest BCUT2D eigenvalue weighted by atomic mass is 16.5. The Labute approximate surface area is 100 Å². The lowest BCUT2D eigenvalue weighted by Gasteiger charge is -2.15. The first-order valence-electron chi connectivity index (χ1n) is 5.46. The number of rotatable bonds is 6.